The molecule has 0 amide bonds. The molecule has 0 aromatic heterocycles. The molecule has 2 aliphatic rings. The maximum Gasteiger partial charge on any atom is 0.0459 e. The van der Waals surface area contributed by atoms with Crippen molar-refractivity contribution in [1.82, 2.24) is 10.6 Å². The Labute approximate surface area is 118 Å². The van der Waals surface area contributed by atoms with Gasteiger partial charge >= 0.3 is 0 Å². The van der Waals surface area contributed by atoms with E-state index in [1.54, 1.807) is 0 Å². The summed E-state index contributed by atoms with van der Waals surface area (Å²) in [7, 11) is 0. The lowest BCUT2D eigenvalue weighted by molar-refractivity contribution is 0.298. The fraction of sp³-hybridized carbons (Fsp3) is 1.00. The van der Waals surface area contributed by atoms with Gasteiger partial charge < -0.3 is 5.32 Å². The van der Waals surface area contributed by atoms with Crippen LogP contribution in [0.15, 0.2) is 0 Å². The van der Waals surface area contributed by atoms with E-state index >= 15 is 0 Å². The van der Waals surface area contributed by atoms with Crippen molar-refractivity contribution in [3.05, 3.63) is 0 Å². The molecule has 0 bridgehead atoms. The third-order valence-corrected chi connectivity index (χ3v) is 4.85. The van der Waals surface area contributed by atoms with E-state index in [-0.39, 0.29) is 0 Å². The zero-order valence-corrected chi connectivity index (χ0v) is 12.7. The van der Waals surface area contributed by atoms with Crippen molar-refractivity contribution >= 4 is 12.6 Å². The first-order chi connectivity index (χ1) is 8.77. The van der Waals surface area contributed by atoms with Gasteiger partial charge in [-0.2, -0.15) is 12.6 Å². The number of thiol groups is 1. The number of rotatable bonds is 3. The van der Waals surface area contributed by atoms with Crippen molar-refractivity contribution in [3.8, 4) is 0 Å². The molecule has 2 fully saturated rings. The van der Waals surface area contributed by atoms with Gasteiger partial charge in [0.25, 0.3) is 0 Å². The second-order valence-electron chi connectivity index (χ2n) is 6.26. The normalized spacial score (nSPS) is 33.7. The van der Waals surface area contributed by atoms with Crippen LogP contribution in [0.1, 0.15) is 64.7 Å². The summed E-state index contributed by atoms with van der Waals surface area (Å²) in [5, 5.41) is 7.83. The molecule has 2 N–H and O–H groups in total. The van der Waals surface area contributed by atoms with Crippen molar-refractivity contribution in [3.63, 3.8) is 0 Å². The van der Waals surface area contributed by atoms with Crippen LogP contribution in [0.2, 0.25) is 0 Å². The summed E-state index contributed by atoms with van der Waals surface area (Å²) >= 11 is 4.57. The van der Waals surface area contributed by atoms with E-state index in [2.05, 4.69) is 30.2 Å². The summed E-state index contributed by atoms with van der Waals surface area (Å²) in [4.78, 5) is 0. The first kappa shape index (κ1) is 14.7. The van der Waals surface area contributed by atoms with E-state index in [9.17, 15) is 0 Å². The lowest BCUT2D eigenvalue weighted by Crippen LogP contribution is -2.41. The zero-order chi connectivity index (χ0) is 12.8. The van der Waals surface area contributed by atoms with Gasteiger partial charge in [-0.25, -0.2) is 0 Å². The highest BCUT2D eigenvalue weighted by Gasteiger charge is 2.32. The number of hydrogen-bond donors (Lipinski definition) is 3. The standard InChI is InChI=1S/C15H30N2S/c1-12(18)10-14-15(17-11-16-14)13-8-6-4-2-3-5-7-9-13/h12-18H,2-11H2,1H3. The topological polar surface area (TPSA) is 24.1 Å². The van der Waals surface area contributed by atoms with Crippen LogP contribution in [0.3, 0.4) is 0 Å². The minimum Gasteiger partial charge on any atom is -0.300 e. The van der Waals surface area contributed by atoms with Gasteiger partial charge in [0.15, 0.2) is 0 Å². The summed E-state index contributed by atoms with van der Waals surface area (Å²) < 4.78 is 0. The molecule has 1 aliphatic heterocycles. The van der Waals surface area contributed by atoms with Crippen molar-refractivity contribution in [2.75, 3.05) is 6.67 Å². The van der Waals surface area contributed by atoms with E-state index in [1.165, 1.54) is 57.8 Å². The van der Waals surface area contributed by atoms with Crippen LogP contribution in [-0.2, 0) is 0 Å². The van der Waals surface area contributed by atoms with Crippen molar-refractivity contribution in [2.45, 2.75) is 82.0 Å². The van der Waals surface area contributed by atoms with Gasteiger partial charge in [0.05, 0.1) is 0 Å². The maximum absolute atomic E-state index is 4.57. The van der Waals surface area contributed by atoms with Crippen molar-refractivity contribution in [1.29, 1.82) is 0 Å². The van der Waals surface area contributed by atoms with E-state index in [0.29, 0.717) is 17.3 Å². The van der Waals surface area contributed by atoms with Crippen LogP contribution in [0, 0.1) is 5.92 Å². The third-order valence-electron chi connectivity index (χ3n) is 4.64. The molecule has 1 saturated carbocycles. The Balaban J connectivity index is 1.89. The lowest BCUT2D eigenvalue weighted by atomic mass is 9.85. The van der Waals surface area contributed by atoms with Crippen LogP contribution < -0.4 is 10.6 Å². The fourth-order valence-electron chi connectivity index (χ4n) is 3.69. The molecule has 3 atom stereocenters. The molecule has 3 heteroatoms. The Morgan fingerprint density at radius 3 is 2.22 bits per heavy atom. The van der Waals surface area contributed by atoms with E-state index in [1.807, 2.05) is 0 Å². The molecule has 0 spiro atoms. The first-order valence-corrected chi connectivity index (χ1v) is 8.44. The van der Waals surface area contributed by atoms with Gasteiger partial charge in [0.1, 0.15) is 0 Å². The second kappa shape index (κ2) is 7.76. The van der Waals surface area contributed by atoms with Crippen molar-refractivity contribution in [2.24, 2.45) is 5.92 Å². The van der Waals surface area contributed by atoms with Gasteiger partial charge in [-0.1, -0.05) is 45.4 Å². The summed E-state index contributed by atoms with van der Waals surface area (Å²) in [6, 6.07) is 1.33. The molecule has 106 valence electrons. The van der Waals surface area contributed by atoms with Gasteiger partial charge in [-0.3, -0.25) is 5.32 Å². The quantitative estimate of drug-likeness (QED) is 0.685. The highest BCUT2D eigenvalue weighted by molar-refractivity contribution is 7.80. The molecular formula is C15H30N2S. The summed E-state index contributed by atoms with van der Waals surface area (Å²) in [6.45, 7) is 3.20. The van der Waals surface area contributed by atoms with E-state index < -0.39 is 0 Å². The molecule has 3 unspecified atom stereocenters. The lowest BCUT2D eigenvalue weighted by Gasteiger charge is -2.29. The Morgan fingerprint density at radius 2 is 1.61 bits per heavy atom. The Hall–Kier alpha value is 0.270. The second-order valence-corrected chi connectivity index (χ2v) is 7.14. The molecule has 0 aromatic carbocycles. The molecule has 2 rings (SSSR count). The van der Waals surface area contributed by atoms with E-state index in [4.69, 9.17) is 0 Å². The van der Waals surface area contributed by atoms with E-state index in [0.717, 1.165) is 12.6 Å². The minimum atomic E-state index is 0.501. The van der Waals surface area contributed by atoms with Gasteiger partial charge in [-0.05, 0) is 25.2 Å². The van der Waals surface area contributed by atoms with Crippen LogP contribution in [0.5, 0.6) is 0 Å². The third kappa shape index (κ3) is 4.43. The maximum atomic E-state index is 4.57. The molecule has 0 aromatic rings. The first-order valence-electron chi connectivity index (χ1n) is 7.92. The molecule has 1 heterocycles. The average Bonchev–Trinajstić information content (AvgIpc) is 2.80. The Bertz CT molecular complexity index is 223. The SMILES string of the molecule is CC(S)CC1NCNC1C1CCCCCCCC1. The van der Waals surface area contributed by atoms with Gasteiger partial charge in [0, 0.05) is 24.0 Å². The summed E-state index contributed by atoms with van der Waals surface area (Å²) in [5.41, 5.74) is 0. The molecule has 0 radical (unpaired) electrons. The highest BCUT2D eigenvalue weighted by atomic mass is 32.1. The summed E-state index contributed by atoms with van der Waals surface area (Å²) in [5.74, 6) is 0.884. The summed E-state index contributed by atoms with van der Waals surface area (Å²) in [6.07, 6.45) is 12.7. The average molecular weight is 270 g/mol. The predicted octanol–water partition coefficient (Wildman–Crippen LogP) is 3.33. The monoisotopic (exact) mass is 270 g/mol. The minimum absolute atomic E-state index is 0.501. The molecule has 18 heavy (non-hydrogen) atoms. The van der Waals surface area contributed by atoms with Gasteiger partial charge in [-0.15, -0.1) is 0 Å². The fourth-order valence-corrected chi connectivity index (χ4v) is 3.92. The highest BCUT2D eigenvalue weighted by Crippen LogP contribution is 2.28. The Morgan fingerprint density at radius 1 is 1.00 bits per heavy atom. The van der Waals surface area contributed by atoms with Crippen LogP contribution in [0.25, 0.3) is 0 Å². The van der Waals surface area contributed by atoms with Crippen LogP contribution in [-0.4, -0.2) is 24.0 Å². The predicted molar refractivity (Wildman–Crippen MR) is 82.2 cm³/mol. The van der Waals surface area contributed by atoms with Crippen molar-refractivity contribution < 1.29 is 0 Å². The largest absolute Gasteiger partial charge is 0.300 e. The van der Waals surface area contributed by atoms with Crippen LogP contribution in [0.4, 0.5) is 0 Å². The number of nitrogens with one attached hydrogen (secondary N) is 2. The van der Waals surface area contributed by atoms with Crippen LogP contribution >= 0.6 is 12.6 Å². The Kier molecular flexibility index (Phi) is 6.33. The molecule has 2 nitrogen and oxygen atoms in total. The number of hydrogen-bond acceptors (Lipinski definition) is 3. The van der Waals surface area contributed by atoms with Gasteiger partial charge in [0.2, 0.25) is 0 Å². The molecule has 1 aliphatic carbocycles. The zero-order valence-electron chi connectivity index (χ0n) is 11.8. The smallest absolute Gasteiger partial charge is 0.0459 e. The molecular weight excluding hydrogens is 240 g/mol. The molecule has 1 saturated heterocycles.